The van der Waals surface area contributed by atoms with Crippen molar-refractivity contribution in [1.29, 1.82) is 0 Å². The molecule has 1 fully saturated rings. The van der Waals surface area contributed by atoms with Crippen LogP contribution < -0.4 is 0 Å². The van der Waals surface area contributed by atoms with E-state index in [2.05, 4.69) is 41.6 Å². The van der Waals surface area contributed by atoms with Gasteiger partial charge in [-0.3, -0.25) is 4.68 Å². The quantitative estimate of drug-likeness (QED) is 0.794. The summed E-state index contributed by atoms with van der Waals surface area (Å²) in [5, 5.41) is 16.6. The Morgan fingerprint density at radius 1 is 1.19 bits per heavy atom. The second kappa shape index (κ2) is 4.71. The molecule has 0 bridgehead atoms. The number of aryl methyl sites for hydroxylation is 1. The molecule has 1 heterocycles. The lowest BCUT2D eigenvalue weighted by molar-refractivity contribution is 0.282. The molecule has 0 unspecified atom stereocenters. The first-order valence-electron chi connectivity index (χ1n) is 7.42. The fraction of sp³-hybridized carbons (Fsp3) is 0.278. The average molecular weight is 278 g/mol. The molecule has 3 aromatic rings. The van der Waals surface area contributed by atoms with Gasteiger partial charge in [0.25, 0.3) is 0 Å². The molecule has 106 valence electrons. The molecule has 0 radical (unpaired) electrons. The molecule has 0 spiro atoms. The van der Waals surface area contributed by atoms with Crippen LogP contribution in [-0.2, 0) is 13.7 Å². The Labute approximate surface area is 123 Å². The highest BCUT2D eigenvalue weighted by Crippen LogP contribution is 2.44. The largest absolute Gasteiger partial charge is 0.392 e. The summed E-state index contributed by atoms with van der Waals surface area (Å²) in [6, 6.07) is 12.5. The maximum Gasteiger partial charge on any atom is 0.0733 e. The van der Waals surface area contributed by atoms with Crippen molar-refractivity contribution in [2.24, 2.45) is 7.05 Å². The molecule has 21 heavy (non-hydrogen) atoms. The van der Waals surface area contributed by atoms with Gasteiger partial charge in [-0.15, -0.1) is 0 Å². The van der Waals surface area contributed by atoms with Gasteiger partial charge in [0.1, 0.15) is 0 Å². The van der Waals surface area contributed by atoms with Crippen LogP contribution in [-0.4, -0.2) is 14.9 Å². The highest BCUT2D eigenvalue weighted by Gasteiger charge is 2.29. The van der Waals surface area contributed by atoms with Crippen LogP contribution in [0.15, 0.2) is 42.6 Å². The van der Waals surface area contributed by atoms with Crippen molar-refractivity contribution >= 4 is 10.8 Å². The number of nitrogens with zero attached hydrogens (tertiary/aromatic N) is 2. The Morgan fingerprint density at radius 2 is 2.00 bits per heavy atom. The van der Waals surface area contributed by atoms with Crippen molar-refractivity contribution < 1.29 is 5.11 Å². The summed E-state index contributed by atoms with van der Waals surface area (Å²) in [6.45, 7) is 0.0663. The summed E-state index contributed by atoms with van der Waals surface area (Å²) in [6.07, 6.45) is 4.58. The molecular weight excluding hydrogens is 260 g/mol. The summed E-state index contributed by atoms with van der Waals surface area (Å²) >= 11 is 0. The molecular formula is C18H18N2O. The topological polar surface area (TPSA) is 38.0 Å². The lowest BCUT2D eigenvalue weighted by Gasteiger charge is -2.09. The van der Waals surface area contributed by atoms with Gasteiger partial charge in [0.15, 0.2) is 0 Å². The molecule has 3 heteroatoms. The van der Waals surface area contributed by atoms with Crippen LogP contribution in [0.25, 0.3) is 21.9 Å². The summed E-state index contributed by atoms with van der Waals surface area (Å²) in [7, 11) is 1.98. The molecule has 0 amide bonds. The molecule has 1 saturated carbocycles. The third kappa shape index (κ3) is 2.14. The predicted octanol–water partition coefficient (Wildman–Crippen LogP) is 3.61. The van der Waals surface area contributed by atoms with Crippen LogP contribution in [0.4, 0.5) is 0 Å². The van der Waals surface area contributed by atoms with Crippen LogP contribution >= 0.6 is 0 Å². The van der Waals surface area contributed by atoms with Crippen molar-refractivity contribution in [2.75, 3.05) is 0 Å². The molecule has 1 N–H and O–H groups in total. The number of aliphatic hydroxyl groups excluding tert-OH is 1. The molecule has 1 aliphatic carbocycles. The van der Waals surface area contributed by atoms with E-state index in [1.165, 1.54) is 40.4 Å². The summed E-state index contributed by atoms with van der Waals surface area (Å²) < 4.78 is 1.91. The minimum absolute atomic E-state index is 0.0663. The van der Waals surface area contributed by atoms with Gasteiger partial charge in [0, 0.05) is 24.7 Å². The number of fused-ring (bicyclic) bond motifs is 1. The predicted molar refractivity (Wildman–Crippen MR) is 84.0 cm³/mol. The number of benzene rings is 2. The zero-order chi connectivity index (χ0) is 14.4. The van der Waals surface area contributed by atoms with Gasteiger partial charge in [-0.1, -0.05) is 24.3 Å². The Bertz CT molecular complexity index is 815. The second-order valence-electron chi connectivity index (χ2n) is 5.90. The number of hydrogen-bond acceptors (Lipinski definition) is 2. The van der Waals surface area contributed by atoms with Gasteiger partial charge in [0.05, 0.1) is 12.3 Å². The highest BCUT2D eigenvalue weighted by molar-refractivity contribution is 5.97. The van der Waals surface area contributed by atoms with Crippen LogP contribution in [0.3, 0.4) is 0 Å². The van der Waals surface area contributed by atoms with Crippen LogP contribution in [0.1, 0.15) is 30.0 Å². The van der Waals surface area contributed by atoms with Crippen molar-refractivity contribution in [3.05, 3.63) is 53.9 Å². The van der Waals surface area contributed by atoms with E-state index in [9.17, 15) is 5.11 Å². The van der Waals surface area contributed by atoms with E-state index in [0.717, 1.165) is 5.56 Å². The maximum atomic E-state index is 9.54. The van der Waals surface area contributed by atoms with E-state index in [-0.39, 0.29) is 6.61 Å². The van der Waals surface area contributed by atoms with E-state index in [1.54, 1.807) is 0 Å². The molecule has 0 aliphatic heterocycles. The second-order valence-corrected chi connectivity index (χ2v) is 5.90. The normalized spacial score (nSPS) is 14.8. The van der Waals surface area contributed by atoms with Crippen LogP contribution in [0, 0.1) is 0 Å². The third-order valence-corrected chi connectivity index (χ3v) is 4.22. The summed E-state index contributed by atoms with van der Waals surface area (Å²) in [5.41, 5.74) is 4.56. The Hall–Kier alpha value is -2.13. The minimum Gasteiger partial charge on any atom is -0.392 e. The van der Waals surface area contributed by atoms with E-state index < -0.39 is 0 Å². The molecule has 1 aliphatic rings. The molecule has 4 rings (SSSR count). The molecule has 1 aromatic heterocycles. The van der Waals surface area contributed by atoms with Gasteiger partial charge in [0.2, 0.25) is 0 Å². The number of rotatable bonds is 3. The van der Waals surface area contributed by atoms with Crippen molar-refractivity contribution in [3.63, 3.8) is 0 Å². The van der Waals surface area contributed by atoms with Crippen molar-refractivity contribution in [3.8, 4) is 11.1 Å². The third-order valence-electron chi connectivity index (χ3n) is 4.22. The standard InChI is InChI=1S/C18H18N2O/c1-20-10-17(18(19-20)13-6-7-13)16-9-12(11-21)8-14-4-2-3-5-15(14)16/h2-5,8-10,13,21H,6-7,11H2,1H3. The van der Waals surface area contributed by atoms with E-state index in [1.807, 2.05) is 17.8 Å². The Morgan fingerprint density at radius 3 is 2.76 bits per heavy atom. The van der Waals surface area contributed by atoms with E-state index in [4.69, 9.17) is 0 Å². The van der Waals surface area contributed by atoms with E-state index in [0.29, 0.717) is 5.92 Å². The lowest BCUT2D eigenvalue weighted by atomic mass is 9.95. The molecule has 2 aromatic carbocycles. The van der Waals surface area contributed by atoms with Crippen molar-refractivity contribution in [2.45, 2.75) is 25.4 Å². The van der Waals surface area contributed by atoms with E-state index >= 15 is 0 Å². The van der Waals surface area contributed by atoms with Gasteiger partial charge in [-0.25, -0.2) is 0 Å². The fourth-order valence-electron chi connectivity index (χ4n) is 3.06. The molecule has 0 atom stereocenters. The SMILES string of the molecule is Cn1cc(-c2cc(CO)cc3ccccc23)c(C2CC2)n1. The first-order valence-corrected chi connectivity index (χ1v) is 7.42. The molecule has 3 nitrogen and oxygen atoms in total. The Kier molecular flexibility index (Phi) is 2.82. The zero-order valence-electron chi connectivity index (χ0n) is 12.1. The monoisotopic (exact) mass is 278 g/mol. The zero-order valence-corrected chi connectivity index (χ0v) is 12.1. The first-order chi connectivity index (χ1) is 10.3. The van der Waals surface area contributed by atoms with Crippen LogP contribution in [0.5, 0.6) is 0 Å². The maximum absolute atomic E-state index is 9.54. The minimum atomic E-state index is 0.0663. The number of aromatic nitrogens is 2. The van der Waals surface area contributed by atoms with Gasteiger partial charge < -0.3 is 5.11 Å². The summed E-state index contributed by atoms with van der Waals surface area (Å²) in [5.74, 6) is 0.609. The average Bonchev–Trinajstić information content (AvgIpc) is 3.28. The molecule has 0 saturated heterocycles. The van der Waals surface area contributed by atoms with Gasteiger partial charge >= 0.3 is 0 Å². The summed E-state index contributed by atoms with van der Waals surface area (Å²) in [4.78, 5) is 0. The Balaban J connectivity index is 2.01. The van der Waals surface area contributed by atoms with Crippen molar-refractivity contribution in [1.82, 2.24) is 9.78 Å². The number of aliphatic hydroxyl groups is 1. The smallest absolute Gasteiger partial charge is 0.0733 e. The van der Waals surface area contributed by atoms with Gasteiger partial charge in [-0.2, -0.15) is 5.10 Å². The first kappa shape index (κ1) is 12.6. The van der Waals surface area contributed by atoms with Crippen LogP contribution in [0.2, 0.25) is 0 Å². The lowest BCUT2D eigenvalue weighted by Crippen LogP contribution is -1.90. The highest BCUT2D eigenvalue weighted by atomic mass is 16.3. The fourth-order valence-corrected chi connectivity index (χ4v) is 3.06. The van der Waals surface area contributed by atoms with Gasteiger partial charge in [-0.05, 0) is 46.9 Å². The number of hydrogen-bond donors (Lipinski definition) is 1.